The Kier molecular flexibility index (Phi) is 4.08. The van der Waals surface area contributed by atoms with E-state index in [1.807, 2.05) is 6.07 Å². The molecule has 1 nitrogen and oxygen atoms in total. The Morgan fingerprint density at radius 3 is 2.71 bits per heavy atom. The monoisotopic (exact) mass is 259 g/mol. The van der Waals surface area contributed by atoms with Crippen LogP contribution in [0, 0.1) is 12.7 Å². The molecule has 3 heteroatoms. The molecule has 0 saturated carbocycles. The van der Waals surface area contributed by atoms with Gasteiger partial charge < -0.3 is 5.73 Å². The van der Waals surface area contributed by atoms with Crippen LogP contribution in [0.2, 0.25) is 0 Å². The molecule has 0 amide bonds. The summed E-state index contributed by atoms with van der Waals surface area (Å²) in [6.07, 6.45) is 1.95. The fraction of sp³-hybridized carbons (Fsp3) is 0.455. The number of aryl methyl sites for hydroxylation is 1. The third kappa shape index (κ3) is 2.55. The average molecular weight is 260 g/mol. The molecule has 1 aromatic rings. The van der Waals surface area contributed by atoms with E-state index in [0.717, 1.165) is 22.9 Å². The second-order valence-electron chi connectivity index (χ2n) is 3.52. The largest absolute Gasteiger partial charge is 0.324 e. The molecule has 14 heavy (non-hydrogen) atoms. The fourth-order valence-electron chi connectivity index (χ4n) is 1.43. The van der Waals surface area contributed by atoms with Crippen LogP contribution >= 0.6 is 15.9 Å². The number of hydrogen-bond donors (Lipinski definition) is 1. The molecule has 0 fully saturated rings. The molecular formula is C11H15BrFN. The van der Waals surface area contributed by atoms with Crippen molar-refractivity contribution in [3.05, 3.63) is 33.5 Å². The van der Waals surface area contributed by atoms with E-state index in [1.165, 1.54) is 6.07 Å². The zero-order valence-electron chi connectivity index (χ0n) is 8.48. The Hall–Kier alpha value is -0.410. The molecule has 78 valence electrons. The summed E-state index contributed by atoms with van der Waals surface area (Å²) in [7, 11) is 0. The minimum absolute atomic E-state index is 0.00586. The van der Waals surface area contributed by atoms with Crippen molar-refractivity contribution in [2.24, 2.45) is 5.73 Å². The molecule has 1 unspecified atom stereocenters. The van der Waals surface area contributed by atoms with Crippen LogP contribution in [0.1, 0.15) is 36.9 Å². The molecule has 1 rings (SSSR count). The van der Waals surface area contributed by atoms with Crippen LogP contribution in [0.5, 0.6) is 0 Å². The van der Waals surface area contributed by atoms with E-state index in [2.05, 4.69) is 22.9 Å². The van der Waals surface area contributed by atoms with Gasteiger partial charge in [0, 0.05) is 10.5 Å². The van der Waals surface area contributed by atoms with Gasteiger partial charge >= 0.3 is 0 Å². The Labute approximate surface area is 92.6 Å². The van der Waals surface area contributed by atoms with Crippen LogP contribution in [-0.4, -0.2) is 0 Å². The maximum atomic E-state index is 13.1. The molecule has 2 N–H and O–H groups in total. The molecule has 0 spiro atoms. The minimum Gasteiger partial charge on any atom is -0.324 e. The van der Waals surface area contributed by atoms with E-state index >= 15 is 0 Å². The third-order valence-electron chi connectivity index (χ3n) is 2.28. The number of rotatable bonds is 3. The second-order valence-corrected chi connectivity index (χ2v) is 4.37. The van der Waals surface area contributed by atoms with Crippen molar-refractivity contribution in [2.45, 2.75) is 32.7 Å². The highest BCUT2D eigenvalue weighted by Gasteiger charge is 2.11. The summed E-state index contributed by atoms with van der Waals surface area (Å²) < 4.78 is 13.9. The van der Waals surface area contributed by atoms with Crippen molar-refractivity contribution >= 4 is 15.9 Å². The van der Waals surface area contributed by atoms with Gasteiger partial charge in [-0.05, 0) is 30.5 Å². The van der Waals surface area contributed by atoms with Crippen molar-refractivity contribution in [2.75, 3.05) is 0 Å². The summed E-state index contributed by atoms with van der Waals surface area (Å²) in [6, 6.07) is 3.30. The zero-order valence-corrected chi connectivity index (χ0v) is 10.1. The fourth-order valence-corrected chi connectivity index (χ4v) is 2.04. The first-order chi connectivity index (χ1) is 6.56. The highest BCUT2D eigenvalue weighted by Crippen LogP contribution is 2.27. The summed E-state index contributed by atoms with van der Waals surface area (Å²) in [6.45, 7) is 3.84. The Balaban J connectivity index is 3.02. The molecule has 1 aromatic carbocycles. The molecule has 0 heterocycles. The normalized spacial score (nSPS) is 12.9. The van der Waals surface area contributed by atoms with Crippen LogP contribution in [-0.2, 0) is 0 Å². The lowest BCUT2D eigenvalue weighted by Crippen LogP contribution is -2.11. The summed E-state index contributed by atoms with van der Waals surface area (Å²) in [5.74, 6) is -0.190. The van der Waals surface area contributed by atoms with Crippen molar-refractivity contribution in [1.29, 1.82) is 0 Å². The highest BCUT2D eigenvalue weighted by molar-refractivity contribution is 9.10. The van der Waals surface area contributed by atoms with Crippen molar-refractivity contribution in [3.63, 3.8) is 0 Å². The summed E-state index contributed by atoms with van der Waals surface area (Å²) in [4.78, 5) is 0. The molecule has 1 atom stereocenters. The van der Waals surface area contributed by atoms with Gasteiger partial charge in [-0.1, -0.05) is 35.3 Å². The van der Waals surface area contributed by atoms with E-state index in [4.69, 9.17) is 5.73 Å². The molecule has 0 saturated heterocycles. The smallest absolute Gasteiger partial charge is 0.127 e. The number of hydrogen-bond acceptors (Lipinski definition) is 1. The van der Waals surface area contributed by atoms with E-state index < -0.39 is 0 Å². The first-order valence-electron chi connectivity index (χ1n) is 4.77. The molecule has 0 aliphatic rings. The Morgan fingerprint density at radius 1 is 1.50 bits per heavy atom. The molecule has 0 bridgehead atoms. The Bertz CT molecular complexity index is 325. The summed E-state index contributed by atoms with van der Waals surface area (Å²) in [5.41, 5.74) is 7.61. The van der Waals surface area contributed by atoms with Gasteiger partial charge in [0.15, 0.2) is 0 Å². The van der Waals surface area contributed by atoms with Gasteiger partial charge in [0.1, 0.15) is 5.82 Å². The first-order valence-corrected chi connectivity index (χ1v) is 5.56. The quantitative estimate of drug-likeness (QED) is 0.881. The van der Waals surface area contributed by atoms with Crippen LogP contribution in [0.25, 0.3) is 0 Å². The van der Waals surface area contributed by atoms with Crippen LogP contribution in [0.15, 0.2) is 16.6 Å². The number of halogens is 2. The second kappa shape index (κ2) is 4.89. The molecule has 0 radical (unpaired) electrons. The van der Waals surface area contributed by atoms with E-state index in [9.17, 15) is 4.39 Å². The summed E-state index contributed by atoms with van der Waals surface area (Å²) >= 11 is 3.33. The molecule has 0 aliphatic heterocycles. The standard InChI is InChI=1S/C11H15BrFN/c1-3-4-11(14)8-5-7(2)10(13)6-9(8)12/h5-6,11H,3-4,14H2,1-2H3. The van der Waals surface area contributed by atoms with Gasteiger partial charge in [0.05, 0.1) is 0 Å². The maximum Gasteiger partial charge on any atom is 0.127 e. The van der Waals surface area contributed by atoms with Gasteiger partial charge in [0.25, 0.3) is 0 Å². The molecule has 0 aliphatic carbocycles. The average Bonchev–Trinajstić information content (AvgIpc) is 2.11. The number of benzene rings is 1. The van der Waals surface area contributed by atoms with Crippen molar-refractivity contribution in [1.82, 2.24) is 0 Å². The van der Waals surface area contributed by atoms with Crippen molar-refractivity contribution < 1.29 is 4.39 Å². The van der Waals surface area contributed by atoms with Gasteiger partial charge in [0.2, 0.25) is 0 Å². The topological polar surface area (TPSA) is 26.0 Å². The lowest BCUT2D eigenvalue weighted by Gasteiger charge is -2.14. The van der Waals surface area contributed by atoms with E-state index in [-0.39, 0.29) is 11.9 Å². The Morgan fingerprint density at radius 2 is 2.14 bits per heavy atom. The predicted octanol–water partition coefficient (Wildman–Crippen LogP) is 3.70. The summed E-state index contributed by atoms with van der Waals surface area (Å²) in [5, 5.41) is 0. The highest BCUT2D eigenvalue weighted by atomic mass is 79.9. The lowest BCUT2D eigenvalue weighted by molar-refractivity contribution is 0.605. The lowest BCUT2D eigenvalue weighted by atomic mass is 10.0. The third-order valence-corrected chi connectivity index (χ3v) is 2.96. The predicted molar refractivity (Wildman–Crippen MR) is 60.7 cm³/mol. The number of nitrogens with two attached hydrogens (primary N) is 1. The van der Waals surface area contributed by atoms with Gasteiger partial charge in [-0.3, -0.25) is 0 Å². The van der Waals surface area contributed by atoms with Crippen LogP contribution in [0.3, 0.4) is 0 Å². The molecular weight excluding hydrogens is 245 g/mol. The van der Waals surface area contributed by atoms with Gasteiger partial charge in [-0.2, -0.15) is 0 Å². The van der Waals surface area contributed by atoms with Gasteiger partial charge in [-0.15, -0.1) is 0 Å². The zero-order chi connectivity index (χ0) is 10.7. The van der Waals surface area contributed by atoms with Crippen LogP contribution < -0.4 is 5.73 Å². The minimum atomic E-state index is -0.190. The van der Waals surface area contributed by atoms with E-state index in [1.54, 1.807) is 6.92 Å². The van der Waals surface area contributed by atoms with E-state index in [0.29, 0.717) is 5.56 Å². The van der Waals surface area contributed by atoms with Gasteiger partial charge in [-0.25, -0.2) is 4.39 Å². The maximum absolute atomic E-state index is 13.1. The first kappa shape index (κ1) is 11.7. The van der Waals surface area contributed by atoms with Crippen LogP contribution in [0.4, 0.5) is 4.39 Å². The van der Waals surface area contributed by atoms with Crippen molar-refractivity contribution in [3.8, 4) is 0 Å². The molecule has 0 aromatic heterocycles. The SMILES string of the molecule is CCCC(N)c1cc(C)c(F)cc1Br.